The van der Waals surface area contributed by atoms with Crippen LogP contribution in [0, 0.1) is 0 Å². The minimum Gasteiger partial charge on any atom is -0.493 e. The third kappa shape index (κ3) is 3.07. The van der Waals surface area contributed by atoms with Gasteiger partial charge in [0, 0.05) is 0 Å². The molecular formula is C13H13ClN2O3. The molecule has 1 aromatic heterocycles. The van der Waals surface area contributed by atoms with Crippen LogP contribution in [0.25, 0.3) is 0 Å². The Balaban J connectivity index is 2.35. The fraction of sp³-hybridized carbons (Fsp3) is 0.154. The van der Waals surface area contributed by atoms with Gasteiger partial charge < -0.3 is 20.3 Å². The monoisotopic (exact) mass is 280 g/mol. The first-order chi connectivity index (χ1) is 9.13. The van der Waals surface area contributed by atoms with E-state index >= 15 is 0 Å². The van der Waals surface area contributed by atoms with Gasteiger partial charge in [0.2, 0.25) is 5.88 Å². The van der Waals surface area contributed by atoms with Gasteiger partial charge in [-0.3, -0.25) is 0 Å². The molecule has 2 rings (SSSR count). The van der Waals surface area contributed by atoms with E-state index in [1.807, 2.05) is 0 Å². The summed E-state index contributed by atoms with van der Waals surface area (Å²) in [6.07, 6.45) is 0. The van der Waals surface area contributed by atoms with E-state index in [4.69, 9.17) is 31.9 Å². The van der Waals surface area contributed by atoms with E-state index in [0.717, 1.165) is 5.56 Å². The van der Waals surface area contributed by atoms with E-state index in [1.54, 1.807) is 30.3 Å². The van der Waals surface area contributed by atoms with Crippen LogP contribution in [0.15, 0.2) is 30.3 Å². The Morgan fingerprint density at radius 2 is 2.05 bits per heavy atom. The van der Waals surface area contributed by atoms with Crippen molar-refractivity contribution in [3.05, 3.63) is 41.0 Å². The maximum Gasteiger partial charge on any atom is 0.244 e. The highest BCUT2D eigenvalue weighted by Gasteiger charge is 2.10. The zero-order valence-electron chi connectivity index (χ0n) is 10.3. The van der Waals surface area contributed by atoms with Crippen molar-refractivity contribution in [3.63, 3.8) is 0 Å². The quantitative estimate of drug-likeness (QED) is 0.842. The van der Waals surface area contributed by atoms with Crippen LogP contribution in [0.2, 0.25) is 5.15 Å². The van der Waals surface area contributed by atoms with Crippen LogP contribution in [-0.4, -0.2) is 17.2 Å². The van der Waals surface area contributed by atoms with Gasteiger partial charge in [-0.2, -0.15) is 4.98 Å². The molecule has 100 valence electrons. The summed E-state index contributed by atoms with van der Waals surface area (Å²) in [5.74, 6) is 1.14. The predicted octanol–water partition coefficient (Wildman–Crippen LogP) is 2.61. The van der Waals surface area contributed by atoms with Gasteiger partial charge in [0.1, 0.15) is 5.15 Å². The van der Waals surface area contributed by atoms with E-state index in [-0.39, 0.29) is 17.6 Å². The molecule has 0 spiro atoms. The van der Waals surface area contributed by atoms with Gasteiger partial charge >= 0.3 is 0 Å². The zero-order valence-corrected chi connectivity index (χ0v) is 11.0. The Kier molecular flexibility index (Phi) is 4.09. The van der Waals surface area contributed by atoms with E-state index in [0.29, 0.717) is 17.2 Å². The number of aromatic nitrogens is 1. The first kappa shape index (κ1) is 13.5. The minimum atomic E-state index is -0.0752. The lowest BCUT2D eigenvalue weighted by Gasteiger charge is -2.12. The molecule has 3 N–H and O–H groups in total. The summed E-state index contributed by atoms with van der Waals surface area (Å²) in [5, 5.41) is 9.36. The van der Waals surface area contributed by atoms with Gasteiger partial charge in [0.15, 0.2) is 11.5 Å². The fourth-order valence-electron chi connectivity index (χ4n) is 1.51. The molecule has 0 fully saturated rings. The van der Waals surface area contributed by atoms with Crippen LogP contribution >= 0.6 is 11.6 Å². The molecule has 1 heterocycles. The van der Waals surface area contributed by atoms with Gasteiger partial charge in [0.25, 0.3) is 0 Å². The summed E-state index contributed by atoms with van der Waals surface area (Å²) in [5.41, 5.74) is 6.85. The van der Waals surface area contributed by atoms with Crippen molar-refractivity contribution in [2.24, 2.45) is 0 Å². The summed E-state index contributed by atoms with van der Waals surface area (Å²) < 4.78 is 10.8. The number of ether oxygens (including phenoxy) is 2. The number of methoxy groups -OCH3 is 1. The molecule has 1 aromatic carbocycles. The first-order valence-corrected chi connectivity index (χ1v) is 5.89. The fourth-order valence-corrected chi connectivity index (χ4v) is 1.65. The Labute approximate surface area is 115 Å². The van der Waals surface area contributed by atoms with Crippen molar-refractivity contribution in [1.82, 2.24) is 4.98 Å². The van der Waals surface area contributed by atoms with Crippen molar-refractivity contribution in [2.75, 3.05) is 12.8 Å². The highest BCUT2D eigenvalue weighted by molar-refractivity contribution is 6.29. The van der Waals surface area contributed by atoms with E-state index in [2.05, 4.69) is 4.98 Å². The topological polar surface area (TPSA) is 77.6 Å². The molecule has 0 saturated carbocycles. The summed E-state index contributed by atoms with van der Waals surface area (Å²) in [4.78, 5) is 4.00. The molecule has 19 heavy (non-hydrogen) atoms. The Bertz CT molecular complexity index is 590. The highest BCUT2D eigenvalue weighted by atomic mass is 35.5. The maximum absolute atomic E-state index is 9.07. The molecule has 0 aliphatic carbocycles. The summed E-state index contributed by atoms with van der Waals surface area (Å²) in [7, 11) is 1.51. The minimum absolute atomic E-state index is 0.0752. The van der Waals surface area contributed by atoms with E-state index in [1.165, 1.54) is 7.11 Å². The van der Waals surface area contributed by atoms with Crippen LogP contribution in [0.4, 0.5) is 5.69 Å². The lowest BCUT2D eigenvalue weighted by Crippen LogP contribution is -1.97. The van der Waals surface area contributed by atoms with Crippen molar-refractivity contribution in [3.8, 4) is 17.4 Å². The molecule has 6 heteroatoms. The molecule has 2 aromatic rings. The van der Waals surface area contributed by atoms with E-state index < -0.39 is 0 Å². The van der Waals surface area contributed by atoms with Crippen LogP contribution in [0.5, 0.6) is 17.4 Å². The summed E-state index contributed by atoms with van der Waals surface area (Å²) in [6.45, 7) is -0.0752. The second-order valence-corrected chi connectivity index (χ2v) is 4.16. The van der Waals surface area contributed by atoms with Crippen molar-refractivity contribution < 1.29 is 14.6 Å². The van der Waals surface area contributed by atoms with Crippen molar-refractivity contribution in [1.29, 1.82) is 0 Å². The molecule has 0 aliphatic rings. The van der Waals surface area contributed by atoms with Crippen molar-refractivity contribution >= 4 is 17.3 Å². The third-order valence-electron chi connectivity index (χ3n) is 2.47. The Morgan fingerprint density at radius 3 is 2.74 bits per heavy atom. The number of hydrogen-bond donors (Lipinski definition) is 2. The van der Waals surface area contributed by atoms with Gasteiger partial charge in [-0.25, -0.2) is 0 Å². The van der Waals surface area contributed by atoms with Crippen LogP contribution in [0.1, 0.15) is 5.56 Å². The molecule has 5 nitrogen and oxygen atoms in total. The molecule has 0 bridgehead atoms. The standard InChI is InChI=1S/C13H13ClN2O3/c1-18-11-6-8(7-17)2-4-10(11)19-13-9(15)3-5-12(14)16-13/h2-6,17H,7,15H2,1H3. The number of benzene rings is 1. The molecule has 0 amide bonds. The predicted molar refractivity (Wildman–Crippen MR) is 72.7 cm³/mol. The average Bonchev–Trinajstić information content (AvgIpc) is 2.43. The Morgan fingerprint density at radius 1 is 1.26 bits per heavy atom. The number of rotatable bonds is 4. The molecule has 0 atom stereocenters. The number of aliphatic hydroxyl groups excluding tert-OH is 1. The van der Waals surface area contributed by atoms with E-state index in [9.17, 15) is 0 Å². The number of hydrogen-bond acceptors (Lipinski definition) is 5. The first-order valence-electron chi connectivity index (χ1n) is 5.51. The number of nitrogen functional groups attached to an aromatic ring is 1. The third-order valence-corrected chi connectivity index (χ3v) is 2.68. The van der Waals surface area contributed by atoms with Gasteiger partial charge in [0.05, 0.1) is 19.4 Å². The van der Waals surface area contributed by atoms with Crippen molar-refractivity contribution in [2.45, 2.75) is 6.61 Å². The average molecular weight is 281 g/mol. The normalized spacial score (nSPS) is 10.3. The maximum atomic E-state index is 9.07. The Hall–Kier alpha value is -1.98. The highest BCUT2D eigenvalue weighted by Crippen LogP contribution is 2.34. The summed E-state index contributed by atoms with van der Waals surface area (Å²) >= 11 is 5.79. The largest absolute Gasteiger partial charge is 0.493 e. The van der Waals surface area contributed by atoms with Crippen LogP contribution in [0.3, 0.4) is 0 Å². The van der Waals surface area contributed by atoms with Gasteiger partial charge in [-0.1, -0.05) is 17.7 Å². The summed E-state index contributed by atoms with van der Waals surface area (Å²) in [6, 6.07) is 8.26. The number of pyridine rings is 1. The number of nitrogens with two attached hydrogens (primary N) is 1. The van der Waals surface area contributed by atoms with Gasteiger partial charge in [-0.05, 0) is 29.8 Å². The number of halogens is 1. The number of nitrogens with zero attached hydrogens (tertiary/aromatic N) is 1. The molecule has 0 aliphatic heterocycles. The van der Waals surface area contributed by atoms with Gasteiger partial charge in [-0.15, -0.1) is 0 Å². The molecule has 0 unspecified atom stereocenters. The number of anilines is 1. The zero-order chi connectivity index (χ0) is 13.8. The molecule has 0 saturated heterocycles. The lowest BCUT2D eigenvalue weighted by atomic mass is 10.2. The second kappa shape index (κ2) is 5.77. The smallest absolute Gasteiger partial charge is 0.244 e. The lowest BCUT2D eigenvalue weighted by molar-refractivity contribution is 0.280. The number of aliphatic hydroxyl groups is 1. The molecular weight excluding hydrogens is 268 g/mol. The molecule has 0 radical (unpaired) electrons. The van der Waals surface area contributed by atoms with Crippen LogP contribution < -0.4 is 15.2 Å². The SMILES string of the molecule is COc1cc(CO)ccc1Oc1nc(Cl)ccc1N. The van der Waals surface area contributed by atoms with Crippen LogP contribution in [-0.2, 0) is 6.61 Å². The second-order valence-electron chi connectivity index (χ2n) is 3.77.